The molecule has 0 aromatic carbocycles. The van der Waals surface area contributed by atoms with E-state index in [2.05, 4.69) is 32.9 Å². The predicted octanol–water partition coefficient (Wildman–Crippen LogP) is 1.73. The zero-order valence-electron chi connectivity index (χ0n) is 4.22. The third-order valence-electron chi connectivity index (χ3n) is 1.05. The van der Waals surface area contributed by atoms with E-state index < -0.39 is 0 Å². The van der Waals surface area contributed by atoms with Crippen molar-refractivity contribution in [3.05, 3.63) is 0 Å². The molecule has 1 saturated heterocycles. The molecule has 0 aliphatic carbocycles. The van der Waals surface area contributed by atoms with E-state index in [0.717, 1.165) is 6.04 Å². The van der Waals surface area contributed by atoms with Crippen molar-refractivity contribution >= 4 is 34.6 Å². The molecular formula is C4H8INS. The monoisotopic (exact) mass is 229 g/mol. The first-order chi connectivity index (χ1) is 3.30. The van der Waals surface area contributed by atoms with Crippen LogP contribution in [-0.2, 0) is 0 Å². The highest BCUT2D eigenvalue weighted by atomic mass is 127. The van der Waals surface area contributed by atoms with Gasteiger partial charge in [-0.05, 0) is 6.92 Å². The van der Waals surface area contributed by atoms with Crippen LogP contribution in [0.3, 0.4) is 0 Å². The lowest BCUT2D eigenvalue weighted by atomic mass is 10.4. The summed E-state index contributed by atoms with van der Waals surface area (Å²) in [4.78, 5) is 0. The average molecular weight is 229 g/mol. The van der Waals surface area contributed by atoms with Crippen LogP contribution in [0.2, 0.25) is 0 Å². The van der Waals surface area contributed by atoms with Crippen LogP contribution in [0, 0.1) is 0 Å². The molecular weight excluding hydrogens is 221 g/mol. The summed E-state index contributed by atoms with van der Waals surface area (Å²) in [5, 5.41) is 0. The van der Waals surface area contributed by atoms with Crippen molar-refractivity contribution in [2.75, 3.05) is 11.6 Å². The summed E-state index contributed by atoms with van der Waals surface area (Å²) in [6, 6.07) is 0.797. The summed E-state index contributed by atoms with van der Waals surface area (Å²) in [7, 11) is 0. The Morgan fingerprint density at radius 1 is 1.86 bits per heavy atom. The summed E-state index contributed by atoms with van der Waals surface area (Å²) in [5.74, 6) is 2.52. The van der Waals surface area contributed by atoms with Gasteiger partial charge in [0.2, 0.25) is 0 Å². The van der Waals surface area contributed by atoms with Gasteiger partial charge in [0.15, 0.2) is 0 Å². The van der Waals surface area contributed by atoms with Gasteiger partial charge in [0, 0.05) is 34.7 Å². The summed E-state index contributed by atoms with van der Waals surface area (Å²) in [6.07, 6.45) is 0. The standard InChI is InChI=1S/C4H8INS/c1-4-2-7-3-6(4)5/h4H,2-3H2,1H3. The molecule has 0 aromatic heterocycles. The zero-order valence-corrected chi connectivity index (χ0v) is 7.20. The van der Waals surface area contributed by atoms with E-state index >= 15 is 0 Å². The van der Waals surface area contributed by atoms with Crippen molar-refractivity contribution in [1.82, 2.24) is 3.11 Å². The van der Waals surface area contributed by atoms with Gasteiger partial charge < -0.3 is 0 Å². The van der Waals surface area contributed by atoms with E-state index in [4.69, 9.17) is 0 Å². The summed E-state index contributed by atoms with van der Waals surface area (Å²) >= 11 is 4.38. The fourth-order valence-electron chi connectivity index (χ4n) is 0.519. The van der Waals surface area contributed by atoms with Crippen LogP contribution >= 0.6 is 34.6 Å². The number of rotatable bonds is 0. The van der Waals surface area contributed by atoms with Gasteiger partial charge in [0.25, 0.3) is 0 Å². The molecule has 1 heterocycles. The Balaban J connectivity index is 2.33. The maximum Gasteiger partial charge on any atom is 0.0542 e. The lowest BCUT2D eigenvalue weighted by Gasteiger charge is -2.07. The molecule has 0 aromatic rings. The number of halogens is 1. The quantitative estimate of drug-likeness (QED) is 0.459. The zero-order chi connectivity index (χ0) is 5.28. The molecule has 0 saturated carbocycles. The Bertz CT molecular complexity index is 60.7. The molecule has 0 radical (unpaired) electrons. The number of hydrogen-bond acceptors (Lipinski definition) is 2. The smallest absolute Gasteiger partial charge is 0.0542 e. The van der Waals surface area contributed by atoms with Gasteiger partial charge in [-0.2, -0.15) is 0 Å². The minimum atomic E-state index is 0.797. The number of thioether (sulfide) groups is 1. The third-order valence-corrected chi connectivity index (χ3v) is 3.99. The lowest BCUT2D eigenvalue weighted by molar-refractivity contribution is 0.522. The largest absolute Gasteiger partial charge is 0.234 e. The Kier molecular flexibility index (Phi) is 2.24. The van der Waals surface area contributed by atoms with Crippen LogP contribution < -0.4 is 0 Å². The first-order valence-corrected chi connectivity index (χ1v) is 4.43. The van der Waals surface area contributed by atoms with Gasteiger partial charge in [0.05, 0.1) is 5.88 Å². The van der Waals surface area contributed by atoms with Crippen LogP contribution in [0.5, 0.6) is 0 Å². The van der Waals surface area contributed by atoms with Gasteiger partial charge >= 0.3 is 0 Å². The molecule has 1 rings (SSSR count). The Labute approximate surface area is 62.3 Å². The van der Waals surface area contributed by atoms with Gasteiger partial charge in [-0.25, -0.2) is 3.11 Å². The topological polar surface area (TPSA) is 3.24 Å². The Morgan fingerprint density at radius 3 is 2.71 bits per heavy atom. The van der Waals surface area contributed by atoms with Crippen LogP contribution in [0.25, 0.3) is 0 Å². The highest BCUT2D eigenvalue weighted by Crippen LogP contribution is 2.23. The number of hydrogen-bond donors (Lipinski definition) is 0. The van der Waals surface area contributed by atoms with E-state index in [0.29, 0.717) is 0 Å². The van der Waals surface area contributed by atoms with Crippen LogP contribution in [0.4, 0.5) is 0 Å². The van der Waals surface area contributed by atoms with Gasteiger partial charge in [-0.1, -0.05) is 0 Å². The van der Waals surface area contributed by atoms with Crippen LogP contribution in [0.1, 0.15) is 6.92 Å². The van der Waals surface area contributed by atoms with Crippen LogP contribution in [-0.4, -0.2) is 20.8 Å². The second kappa shape index (κ2) is 2.55. The summed E-state index contributed by atoms with van der Waals surface area (Å²) < 4.78 is 2.34. The van der Waals surface area contributed by atoms with Crippen molar-refractivity contribution in [3.63, 3.8) is 0 Å². The van der Waals surface area contributed by atoms with Gasteiger partial charge in [-0.3, -0.25) is 0 Å². The first-order valence-electron chi connectivity index (χ1n) is 2.31. The first kappa shape index (κ1) is 6.16. The molecule has 3 heteroatoms. The van der Waals surface area contributed by atoms with E-state index in [1.54, 1.807) is 0 Å². The van der Waals surface area contributed by atoms with E-state index in [1.807, 2.05) is 11.8 Å². The number of nitrogens with zero attached hydrogens (tertiary/aromatic N) is 1. The molecule has 1 fully saturated rings. The Morgan fingerprint density at radius 2 is 2.57 bits per heavy atom. The second-order valence-corrected chi connectivity index (χ2v) is 3.99. The van der Waals surface area contributed by atoms with Gasteiger partial charge in [0.1, 0.15) is 0 Å². The third kappa shape index (κ3) is 1.47. The molecule has 0 N–H and O–H groups in total. The fourth-order valence-corrected chi connectivity index (χ4v) is 2.63. The fraction of sp³-hybridized carbons (Fsp3) is 1.00. The highest BCUT2D eigenvalue weighted by Gasteiger charge is 2.16. The molecule has 7 heavy (non-hydrogen) atoms. The van der Waals surface area contributed by atoms with Crippen molar-refractivity contribution in [1.29, 1.82) is 0 Å². The minimum Gasteiger partial charge on any atom is -0.234 e. The predicted molar refractivity (Wildman–Crippen MR) is 42.6 cm³/mol. The highest BCUT2D eigenvalue weighted by molar-refractivity contribution is 14.1. The normalized spacial score (nSPS) is 34.3. The SMILES string of the molecule is CC1CSCN1I. The van der Waals surface area contributed by atoms with Crippen molar-refractivity contribution in [2.45, 2.75) is 13.0 Å². The van der Waals surface area contributed by atoms with Crippen LogP contribution in [0.15, 0.2) is 0 Å². The molecule has 0 spiro atoms. The second-order valence-electron chi connectivity index (χ2n) is 1.75. The molecule has 0 bridgehead atoms. The summed E-state index contributed by atoms with van der Waals surface area (Å²) in [6.45, 7) is 2.26. The molecule has 1 atom stereocenters. The maximum atomic E-state index is 2.37. The van der Waals surface area contributed by atoms with E-state index in [9.17, 15) is 0 Å². The molecule has 42 valence electrons. The summed E-state index contributed by atoms with van der Waals surface area (Å²) in [5.41, 5.74) is 0. The molecule has 0 amide bonds. The minimum absolute atomic E-state index is 0.797. The van der Waals surface area contributed by atoms with E-state index in [1.165, 1.54) is 11.6 Å². The molecule has 1 aliphatic rings. The molecule has 1 nitrogen and oxygen atoms in total. The maximum absolute atomic E-state index is 2.37. The van der Waals surface area contributed by atoms with Crippen molar-refractivity contribution in [3.8, 4) is 0 Å². The molecule has 1 aliphatic heterocycles. The average Bonchev–Trinajstić information content (AvgIpc) is 1.91. The van der Waals surface area contributed by atoms with Gasteiger partial charge in [-0.15, -0.1) is 11.8 Å². The van der Waals surface area contributed by atoms with E-state index in [-0.39, 0.29) is 0 Å². The lowest BCUT2D eigenvalue weighted by Crippen LogP contribution is -2.15. The molecule has 1 unspecified atom stereocenters. The Hall–Kier alpha value is 1.04. The van der Waals surface area contributed by atoms with Crippen molar-refractivity contribution < 1.29 is 0 Å². The van der Waals surface area contributed by atoms with Crippen molar-refractivity contribution in [2.24, 2.45) is 0 Å².